The molecule has 2 heterocycles. The predicted octanol–water partition coefficient (Wildman–Crippen LogP) is 2.57. The molecular formula is C16H20FN5O2. The summed E-state index contributed by atoms with van der Waals surface area (Å²) in [7, 11) is 0. The van der Waals surface area contributed by atoms with E-state index in [1.54, 1.807) is 16.8 Å². The minimum absolute atomic E-state index is 0.00952. The van der Waals surface area contributed by atoms with Gasteiger partial charge < -0.3 is 10.1 Å². The number of amides is 1. The van der Waals surface area contributed by atoms with Crippen LogP contribution in [-0.4, -0.2) is 38.3 Å². The number of halogens is 1. The van der Waals surface area contributed by atoms with E-state index in [0.717, 1.165) is 6.42 Å². The lowest BCUT2D eigenvalue weighted by molar-refractivity contribution is -0.126. The number of anilines is 1. The molecule has 1 amide bonds. The first-order valence-electron chi connectivity index (χ1n) is 8.00. The van der Waals surface area contributed by atoms with Gasteiger partial charge in [0.1, 0.15) is 11.9 Å². The molecule has 7 nitrogen and oxygen atoms in total. The van der Waals surface area contributed by atoms with Crippen molar-refractivity contribution >= 4 is 11.6 Å². The quantitative estimate of drug-likeness (QED) is 0.930. The molecule has 2 aromatic rings. The molecule has 1 aromatic heterocycles. The Morgan fingerprint density at radius 3 is 2.83 bits per heavy atom. The molecular weight excluding hydrogens is 313 g/mol. The van der Waals surface area contributed by atoms with Crippen molar-refractivity contribution in [3.63, 3.8) is 0 Å². The second-order valence-electron chi connectivity index (χ2n) is 6.24. The SMILES string of the molecule is CC(C)n1nnnc1-c1ccc(NC(=O)[C@@H]2CC[C@H](C)O2)cc1F. The molecule has 0 saturated carbocycles. The zero-order chi connectivity index (χ0) is 17.3. The molecule has 2 atom stereocenters. The molecule has 24 heavy (non-hydrogen) atoms. The van der Waals surface area contributed by atoms with Crippen molar-refractivity contribution < 1.29 is 13.9 Å². The van der Waals surface area contributed by atoms with Gasteiger partial charge in [-0.25, -0.2) is 9.07 Å². The van der Waals surface area contributed by atoms with E-state index in [9.17, 15) is 9.18 Å². The highest BCUT2D eigenvalue weighted by atomic mass is 19.1. The van der Waals surface area contributed by atoms with E-state index in [1.165, 1.54) is 6.07 Å². The van der Waals surface area contributed by atoms with Crippen LogP contribution in [0, 0.1) is 5.82 Å². The third-order valence-electron chi connectivity index (χ3n) is 3.98. The smallest absolute Gasteiger partial charge is 0.253 e. The number of tetrazole rings is 1. The molecule has 1 aromatic carbocycles. The molecule has 3 rings (SSSR count). The number of nitrogens with one attached hydrogen (secondary N) is 1. The molecule has 0 spiro atoms. The van der Waals surface area contributed by atoms with Crippen molar-refractivity contribution in [2.75, 3.05) is 5.32 Å². The maximum Gasteiger partial charge on any atom is 0.253 e. The topological polar surface area (TPSA) is 81.9 Å². The van der Waals surface area contributed by atoms with Gasteiger partial charge in [-0.05, 0) is 62.2 Å². The fourth-order valence-electron chi connectivity index (χ4n) is 2.71. The Hall–Kier alpha value is -2.35. The summed E-state index contributed by atoms with van der Waals surface area (Å²) in [5.74, 6) is -0.392. The Balaban J connectivity index is 1.77. The standard InChI is InChI=1S/C16H20FN5O2/c1-9(2)22-15(19-20-21-22)12-6-5-11(8-13(12)17)18-16(23)14-7-4-10(3)24-14/h5-6,8-10,14H,4,7H2,1-3H3,(H,18,23)/t10-,14-/m0/s1. The maximum atomic E-state index is 14.5. The third-order valence-corrected chi connectivity index (χ3v) is 3.98. The van der Waals surface area contributed by atoms with Crippen molar-refractivity contribution in [1.29, 1.82) is 0 Å². The van der Waals surface area contributed by atoms with Crippen LogP contribution in [0.5, 0.6) is 0 Å². The first-order valence-corrected chi connectivity index (χ1v) is 8.00. The van der Waals surface area contributed by atoms with Gasteiger partial charge in [-0.3, -0.25) is 4.79 Å². The number of carbonyl (C=O) groups is 1. The zero-order valence-electron chi connectivity index (χ0n) is 13.9. The van der Waals surface area contributed by atoms with Gasteiger partial charge in [-0.15, -0.1) is 5.10 Å². The van der Waals surface area contributed by atoms with Crippen LogP contribution in [0.1, 0.15) is 39.7 Å². The van der Waals surface area contributed by atoms with Crippen molar-refractivity contribution in [1.82, 2.24) is 20.2 Å². The monoisotopic (exact) mass is 333 g/mol. The van der Waals surface area contributed by atoms with E-state index >= 15 is 0 Å². The molecule has 0 bridgehead atoms. The molecule has 1 fully saturated rings. The number of carbonyl (C=O) groups excluding carboxylic acids is 1. The fraction of sp³-hybridized carbons (Fsp3) is 0.500. The summed E-state index contributed by atoms with van der Waals surface area (Å²) in [5, 5.41) is 14.0. The summed E-state index contributed by atoms with van der Waals surface area (Å²) >= 11 is 0. The second-order valence-corrected chi connectivity index (χ2v) is 6.24. The van der Waals surface area contributed by atoms with Crippen molar-refractivity contribution in [3.05, 3.63) is 24.0 Å². The summed E-state index contributed by atoms with van der Waals surface area (Å²) in [6.07, 6.45) is 1.13. The third kappa shape index (κ3) is 3.28. The van der Waals surface area contributed by atoms with Crippen LogP contribution < -0.4 is 5.32 Å². The highest BCUT2D eigenvalue weighted by molar-refractivity contribution is 5.94. The molecule has 1 saturated heterocycles. The van der Waals surface area contributed by atoms with Gasteiger partial charge in [0.25, 0.3) is 5.91 Å². The van der Waals surface area contributed by atoms with Gasteiger partial charge in [0.2, 0.25) is 0 Å². The largest absolute Gasteiger partial charge is 0.365 e. The van der Waals surface area contributed by atoms with Crippen LogP contribution in [0.3, 0.4) is 0 Å². The average molecular weight is 333 g/mol. The van der Waals surface area contributed by atoms with Gasteiger partial charge >= 0.3 is 0 Å². The summed E-state index contributed by atoms with van der Waals surface area (Å²) in [6.45, 7) is 5.75. The molecule has 0 radical (unpaired) electrons. The van der Waals surface area contributed by atoms with Crippen LogP contribution in [0.15, 0.2) is 18.2 Å². The van der Waals surface area contributed by atoms with Crippen LogP contribution >= 0.6 is 0 Å². The molecule has 128 valence electrons. The number of benzene rings is 1. The van der Waals surface area contributed by atoms with Crippen molar-refractivity contribution in [3.8, 4) is 11.4 Å². The Labute approximate surface area is 139 Å². The minimum Gasteiger partial charge on any atom is -0.365 e. The second kappa shape index (κ2) is 6.64. The fourth-order valence-corrected chi connectivity index (χ4v) is 2.71. The summed E-state index contributed by atoms with van der Waals surface area (Å²) in [5.41, 5.74) is 0.672. The van der Waals surface area contributed by atoms with Crippen molar-refractivity contribution in [2.24, 2.45) is 0 Å². The Bertz CT molecular complexity index is 746. The van der Waals surface area contributed by atoms with E-state index in [0.29, 0.717) is 17.9 Å². The van der Waals surface area contributed by atoms with Crippen LogP contribution in [0.25, 0.3) is 11.4 Å². The van der Waals surface area contributed by atoms with E-state index in [4.69, 9.17) is 4.74 Å². The lowest BCUT2D eigenvalue weighted by Gasteiger charge is -2.13. The van der Waals surface area contributed by atoms with Crippen LogP contribution in [-0.2, 0) is 9.53 Å². The first kappa shape index (κ1) is 16.5. The molecule has 1 N–H and O–H groups in total. The first-order chi connectivity index (χ1) is 11.5. The van der Waals surface area contributed by atoms with Crippen LogP contribution in [0.2, 0.25) is 0 Å². The van der Waals surface area contributed by atoms with Gasteiger partial charge in [-0.2, -0.15) is 0 Å². The van der Waals surface area contributed by atoms with E-state index in [2.05, 4.69) is 20.8 Å². The van der Waals surface area contributed by atoms with Gasteiger partial charge in [0, 0.05) is 5.69 Å². The molecule has 0 unspecified atom stereocenters. The Morgan fingerprint density at radius 1 is 1.42 bits per heavy atom. The van der Waals surface area contributed by atoms with Crippen LogP contribution in [0.4, 0.5) is 10.1 Å². The molecule has 0 aliphatic carbocycles. The van der Waals surface area contributed by atoms with E-state index < -0.39 is 11.9 Å². The number of hydrogen-bond donors (Lipinski definition) is 1. The van der Waals surface area contributed by atoms with Gasteiger partial charge in [0.05, 0.1) is 17.7 Å². The van der Waals surface area contributed by atoms with Gasteiger partial charge in [-0.1, -0.05) is 0 Å². The lowest BCUT2D eigenvalue weighted by atomic mass is 10.1. The number of nitrogens with zero attached hydrogens (tertiary/aromatic N) is 4. The molecule has 1 aliphatic heterocycles. The molecule has 8 heteroatoms. The maximum absolute atomic E-state index is 14.5. The highest BCUT2D eigenvalue weighted by Crippen LogP contribution is 2.26. The summed E-state index contributed by atoms with van der Waals surface area (Å²) in [6, 6.07) is 4.47. The number of rotatable bonds is 4. The number of hydrogen-bond acceptors (Lipinski definition) is 5. The highest BCUT2D eigenvalue weighted by Gasteiger charge is 2.28. The summed E-state index contributed by atoms with van der Waals surface area (Å²) < 4.78 is 21.5. The normalized spacial score (nSPS) is 20.5. The number of aromatic nitrogens is 4. The lowest BCUT2D eigenvalue weighted by Crippen LogP contribution is -2.27. The Kier molecular flexibility index (Phi) is 4.57. The minimum atomic E-state index is -0.495. The van der Waals surface area contributed by atoms with Crippen molar-refractivity contribution in [2.45, 2.75) is 51.9 Å². The van der Waals surface area contributed by atoms with Gasteiger partial charge in [0.15, 0.2) is 5.82 Å². The number of ether oxygens (including phenoxy) is 1. The Morgan fingerprint density at radius 2 is 2.21 bits per heavy atom. The van der Waals surface area contributed by atoms with E-state index in [1.807, 2.05) is 20.8 Å². The predicted molar refractivity (Wildman–Crippen MR) is 85.8 cm³/mol. The molecule has 1 aliphatic rings. The summed E-state index contributed by atoms with van der Waals surface area (Å²) in [4.78, 5) is 12.1. The zero-order valence-corrected chi connectivity index (χ0v) is 13.9. The average Bonchev–Trinajstić information content (AvgIpc) is 3.16. The van der Waals surface area contributed by atoms with E-state index in [-0.39, 0.29) is 23.6 Å².